The highest BCUT2D eigenvalue weighted by Gasteiger charge is 2.11. The molecule has 0 aliphatic rings. The number of phenols is 1. The van der Waals surface area contributed by atoms with Crippen molar-refractivity contribution >= 4 is 11.6 Å². The summed E-state index contributed by atoms with van der Waals surface area (Å²) < 4.78 is 5.46. The zero-order chi connectivity index (χ0) is 23.1. The molecule has 3 aromatic rings. The largest absolute Gasteiger partial charge is 0.508 e. The highest BCUT2D eigenvalue weighted by Crippen LogP contribution is 2.28. The first-order chi connectivity index (χ1) is 15.4. The maximum atomic E-state index is 12.8. The molecule has 0 radical (unpaired) electrons. The van der Waals surface area contributed by atoms with Crippen LogP contribution in [0.5, 0.6) is 11.5 Å². The second kappa shape index (κ2) is 10.8. The van der Waals surface area contributed by atoms with Gasteiger partial charge in [0.15, 0.2) is 0 Å². The molecule has 3 rings (SSSR count). The van der Waals surface area contributed by atoms with Crippen molar-refractivity contribution < 1.29 is 19.7 Å². The fourth-order valence-corrected chi connectivity index (χ4v) is 3.53. The molecule has 0 saturated heterocycles. The number of anilines is 1. The van der Waals surface area contributed by atoms with Gasteiger partial charge in [-0.15, -0.1) is 0 Å². The number of aliphatic hydroxyl groups excluding tert-OH is 1. The van der Waals surface area contributed by atoms with E-state index in [2.05, 4.69) is 10.2 Å². The van der Waals surface area contributed by atoms with Gasteiger partial charge in [-0.1, -0.05) is 24.3 Å². The summed E-state index contributed by atoms with van der Waals surface area (Å²) in [6.07, 6.45) is 1.81. The van der Waals surface area contributed by atoms with E-state index in [-0.39, 0.29) is 18.3 Å². The lowest BCUT2D eigenvalue weighted by Crippen LogP contribution is -2.14. The van der Waals surface area contributed by atoms with Crippen LogP contribution in [0.15, 0.2) is 60.7 Å². The van der Waals surface area contributed by atoms with Crippen LogP contribution in [0.4, 0.5) is 5.69 Å². The van der Waals surface area contributed by atoms with Crippen LogP contribution in [-0.2, 0) is 13.0 Å². The number of ether oxygens (including phenoxy) is 1. The molecule has 1 amide bonds. The van der Waals surface area contributed by atoms with Crippen LogP contribution >= 0.6 is 0 Å². The fourth-order valence-electron chi connectivity index (χ4n) is 3.53. The monoisotopic (exact) mass is 434 g/mol. The lowest BCUT2D eigenvalue weighted by molar-refractivity contribution is 0.102. The number of carbonyl (C=O) groups excluding carboxylic acids is 1. The van der Waals surface area contributed by atoms with Gasteiger partial charge in [0.2, 0.25) is 0 Å². The molecule has 3 aromatic carbocycles. The van der Waals surface area contributed by atoms with E-state index in [1.54, 1.807) is 25.3 Å². The third kappa shape index (κ3) is 5.87. The molecular weight excluding hydrogens is 404 g/mol. The molecule has 0 fully saturated rings. The number of amides is 1. The molecule has 0 heterocycles. The Kier molecular flexibility index (Phi) is 7.87. The molecule has 0 atom stereocenters. The first kappa shape index (κ1) is 23.3. The highest BCUT2D eigenvalue weighted by molar-refractivity contribution is 6.04. The van der Waals surface area contributed by atoms with Gasteiger partial charge in [-0.3, -0.25) is 4.79 Å². The van der Waals surface area contributed by atoms with Crippen LogP contribution in [0.1, 0.15) is 27.9 Å². The van der Waals surface area contributed by atoms with E-state index in [4.69, 9.17) is 4.74 Å². The number of hydrogen-bond acceptors (Lipinski definition) is 5. The molecule has 0 aliphatic carbocycles. The van der Waals surface area contributed by atoms with Gasteiger partial charge in [0.25, 0.3) is 5.91 Å². The lowest BCUT2D eigenvalue weighted by atomic mass is 10.0. The smallest absolute Gasteiger partial charge is 0.255 e. The number of carbonyl (C=O) groups is 1. The van der Waals surface area contributed by atoms with Crippen LogP contribution < -0.4 is 10.1 Å². The topological polar surface area (TPSA) is 82.0 Å². The van der Waals surface area contributed by atoms with Crippen molar-refractivity contribution in [2.45, 2.75) is 19.4 Å². The summed E-state index contributed by atoms with van der Waals surface area (Å²) in [4.78, 5) is 14.9. The molecule has 3 N–H and O–H groups in total. The summed E-state index contributed by atoms with van der Waals surface area (Å²) in [5.41, 5.74) is 4.49. The Balaban J connectivity index is 1.70. The summed E-state index contributed by atoms with van der Waals surface area (Å²) >= 11 is 0. The Morgan fingerprint density at radius 1 is 0.969 bits per heavy atom. The zero-order valence-electron chi connectivity index (χ0n) is 18.8. The van der Waals surface area contributed by atoms with E-state index in [1.165, 1.54) is 0 Å². The van der Waals surface area contributed by atoms with Gasteiger partial charge >= 0.3 is 0 Å². The number of hydrogen-bond donors (Lipinski definition) is 3. The minimum Gasteiger partial charge on any atom is -0.508 e. The van der Waals surface area contributed by atoms with Gasteiger partial charge in [-0.25, -0.2) is 0 Å². The first-order valence-corrected chi connectivity index (χ1v) is 10.6. The van der Waals surface area contributed by atoms with E-state index in [9.17, 15) is 15.0 Å². The number of nitrogens with one attached hydrogen (secondary N) is 1. The molecule has 0 aromatic heterocycles. The van der Waals surface area contributed by atoms with Gasteiger partial charge in [0, 0.05) is 16.8 Å². The van der Waals surface area contributed by atoms with Crippen molar-refractivity contribution in [2.75, 3.05) is 33.1 Å². The van der Waals surface area contributed by atoms with Crippen molar-refractivity contribution in [3.8, 4) is 22.6 Å². The fraction of sp³-hybridized carbons (Fsp3) is 0.269. The summed E-state index contributed by atoms with van der Waals surface area (Å²) in [5, 5.41) is 22.1. The molecule has 0 spiro atoms. The number of aromatic hydroxyl groups is 1. The third-order valence-electron chi connectivity index (χ3n) is 5.33. The Labute approximate surface area is 189 Å². The Hall–Kier alpha value is -3.35. The van der Waals surface area contributed by atoms with E-state index >= 15 is 0 Å². The highest BCUT2D eigenvalue weighted by atomic mass is 16.5. The maximum Gasteiger partial charge on any atom is 0.255 e. The van der Waals surface area contributed by atoms with Gasteiger partial charge < -0.3 is 25.2 Å². The molecule has 0 unspecified atom stereocenters. The third-order valence-corrected chi connectivity index (χ3v) is 5.33. The van der Waals surface area contributed by atoms with Crippen molar-refractivity contribution in [2.24, 2.45) is 0 Å². The standard InChI is InChI=1S/C26H30N2O4/c1-28(2)14-4-5-20-15-21(10-13-25(20)32-3)26(31)27-23-11-8-18(9-12-23)19-6-7-22(17-29)24(30)16-19/h6-13,15-16,29-30H,4-5,14,17H2,1-3H3,(H,27,31). The predicted octanol–water partition coefficient (Wildman–Crippen LogP) is 4.31. The van der Waals surface area contributed by atoms with Crippen LogP contribution in [0.2, 0.25) is 0 Å². The normalized spacial score (nSPS) is 10.9. The number of aryl methyl sites for hydroxylation is 1. The van der Waals surface area contributed by atoms with Crippen molar-refractivity contribution in [1.82, 2.24) is 4.90 Å². The average Bonchev–Trinajstić information content (AvgIpc) is 2.79. The van der Waals surface area contributed by atoms with Gasteiger partial charge in [0.05, 0.1) is 13.7 Å². The Bertz CT molecular complexity index is 1060. The average molecular weight is 435 g/mol. The first-order valence-electron chi connectivity index (χ1n) is 10.6. The summed E-state index contributed by atoms with van der Waals surface area (Å²) in [5.74, 6) is 0.669. The lowest BCUT2D eigenvalue weighted by Gasteiger charge is -2.13. The zero-order valence-corrected chi connectivity index (χ0v) is 18.8. The number of benzene rings is 3. The molecular formula is C26H30N2O4. The van der Waals surface area contributed by atoms with E-state index in [0.29, 0.717) is 16.8 Å². The van der Waals surface area contributed by atoms with Gasteiger partial charge in [-0.05, 0) is 86.6 Å². The quantitative estimate of drug-likeness (QED) is 0.468. The Morgan fingerprint density at radius 2 is 1.69 bits per heavy atom. The number of aliphatic hydroxyl groups is 1. The van der Waals surface area contributed by atoms with Crippen LogP contribution in [-0.4, -0.2) is 48.8 Å². The number of nitrogens with zero attached hydrogens (tertiary/aromatic N) is 1. The predicted molar refractivity (Wildman–Crippen MR) is 127 cm³/mol. The van der Waals surface area contributed by atoms with Crippen molar-refractivity contribution in [1.29, 1.82) is 0 Å². The maximum absolute atomic E-state index is 12.8. The molecule has 6 heteroatoms. The summed E-state index contributed by atoms with van der Waals surface area (Å²) in [6.45, 7) is 0.756. The molecule has 0 bridgehead atoms. The molecule has 32 heavy (non-hydrogen) atoms. The summed E-state index contributed by atoms with van der Waals surface area (Å²) in [7, 11) is 5.72. The molecule has 6 nitrogen and oxygen atoms in total. The second-order valence-electron chi connectivity index (χ2n) is 7.97. The number of rotatable bonds is 9. The number of methoxy groups -OCH3 is 1. The Morgan fingerprint density at radius 3 is 2.31 bits per heavy atom. The molecule has 0 saturated carbocycles. The van der Waals surface area contributed by atoms with Crippen molar-refractivity contribution in [3.63, 3.8) is 0 Å². The SMILES string of the molecule is COc1ccc(C(=O)Nc2ccc(-c3ccc(CO)c(O)c3)cc2)cc1CCCN(C)C. The van der Waals surface area contributed by atoms with Crippen LogP contribution in [0.3, 0.4) is 0 Å². The minimum atomic E-state index is -0.209. The second-order valence-corrected chi connectivity index (χ2v) is 7.97. The van der Waals surface area contributed by atoms with E-state index < -0.39 is 0 Å². The molecule has 0 aliphatic heterocycles. The van der Waals surface area contributed by atoms with E-state index in [0.717, 1.165) is 41.8 Å². The van der Waals surface area contributed by atoms with Crippen LogP contribution in [0, 0.1) is 0 Å². The van der Waals surface area contributed by atoms with Crippen molar-refractivity contribution in [3.05, 3.63) is 77.4 Å². The van der Waals surface area contributed by atoms with Crippen LogP contribution in [0.25, 0.3) is 11.1 Å². The van der Waals surface area contributed by atoms with Gasteiger partial charge in [0.1, 0.15) is 11.5 Å². The van der Waals surface area contributed by atoms with E-state index in [1.807, 2.05) is 56.6 Å². The summed E-state index contributed by atoms with van der Waals surface area (Å²) in [6, 6.07) is 18.1. The molecule has 168 valence electrons. The minimum absolute atomic E-state index is 0.0586. The van der Waals surface area contributed by atoms with Gasteiger partial charge in [-0.2, -0.15) is 0 Å².